The largest absolute Gasteiger partial charge is 0.495 e. The molecule has 4 rings (SSSR count). The minimum absolute atomic E-state index is 0.0473. The highest BCUT2D eigenvalue weighted by Crippen LogP contribution is 2.36. The molecule has 0 amide bonds. The standard InChI is InChI=1S/C24H29N3O2/c1-15-21-12-22(25)24(29-2)11-19(21)7-8-27(15)13-16-3-4-18-10-20(23(26)14-28)6-5-17(18)9-16/h3-6,9-12,15,23,28H,7-8,13-14,25-26H2,1-2H3. The molecule has 3 aromatic rings. The minimum Gasteiger partial charge on any atom is -0.495 e. The SMILES string of the molecule is COc1cc2c(cc1N)C(C)N(Cc1ccc3cc(C(N)CO)ccc3c1)CC2. The van der Waals surface area contributed by atoms with Crippen LogP contribution in [0.4, 0.5) is 5.69 Å². The van der Waals surface area contributed by atoms with Crippen molar-refractivity contribution in [2.24, 2.45) is 5.73 Å². The Labute approximate surface area is 171 Å². The zero-order valence-corrected chi connectivity index (χ0v) is 17.1. The number of hydrogen-bond acceptors (Lipinski definition) is 5. The third-order valence-electron chi connectivity index (χ3n) is 6.10. The number of aliphatic hydroxyl groups is 1. The third-order valence-corrected chi connectivity index (χ3v) is 6.10. The molecule has 2 atom stereocenters. The van der Waals surface area contributed by atoms with Gasteiger partial charge in [-0.15, -0.1) is 0 Å². The van der Waals surface area contributed by atoms with Crippen LogP contribution in [-0.2, 0) is 13.0 Å². The Balaban J connectivity index is 1.56. The summed E-state index contributed by atoms with van der Waals surface area (Å²) >= 11 is 0. The van der Waals surface area contributed by atoms with Crippen molar-refractivity contribution in [1.82, 2.24) is 4.90 Å². The highest BCUT2D eigenvalue weighted by molar-refractivity contribution is 5.84. The highest BCUT2D eigenvalue weighted by Gasteiger charge is 2.25. The lowest BCUT2D eigenvalue weighted by Crippen LogP contribution is -2.33. The molecule has 2 unspecified atom stereocenters. The van der Waals surface area contributed by atoms with Gasteiger partial charge in [0.25, 0.3) is 0 Å². The van der Waals surface area contributed by atoms with E-state index >= 15 is 0 Å². The molecule has 0 saturated carbocycles. The molecule has 5 heteroatoms. The van der Waals surface area contributed by atoms with E-state index in [0.717, 1.165) is 36.2 Å². The summed E-state index contributed by atoms with van der Waals surface area (Å²) in [7, 11) is 1.66. The van der Waals surface area contributed by atoms with Crippen LogP contribution in [0, 0.1) is 0 Å². The molecule has 29 heavy (non-hydrogen) atoms. The van der Waals surface area contributed by atoms with Gasteiger partial charge in [-0.2, -0.15) is 0 Å². The van der Waals surface area contributed by atoms with Gasteiger partial charge in [0.1, 0.15) is 5.75 Å². The third kappa shape index (κ3) is 3.81. The number of nitrogens with two attached hydrogens (primary N) is 2. The van der Waals surface area contributed by atoms with E-state index in [9.17, 15) is 5.11 Å². The molecule has 0 aromatic heterocycles. The number of anilines is 1. The second-order valence-electron chi connectivity index (χ2n) is 7.92. The molecule has 3 aromatic carbocycles. The van der Waals surface area contributed by atoms with Gasteiger partial charge in [0.05, 0.1) is 25.4 Å². The van der Waals surface area contributed by atoms with Crippen molar-refractivity contribution >= 4 is 16.5 Å². The molecule has 5 nitrogen and oxygen atoms in total. The summed E-state index contributed by atoms with van der Waals surface area (Å²) in [6.07, 6.45) is 0.992. The van der Waals surface area contributed by atoms with Crippen molar-refractivity contribution in [3.63, 3.8) is 0 Å². The van der Waals surface area contributed by atoms with Crippen molar-refractivity contribution in [1.29, 1.82) is 0 Å². The molecule has 5 N–H and O–H groups in total. The lowest BCUT2D eigenvalue weighted by Gasteiger charge is -2.35. The van der Waals surface area contributed by atoms with Crippen molar-refractivity contribution in [2.45, 2.75) is 32.0 Å². The second kappa shape index (κ2) is 8.03. The molecule has 0 aliphatic carbocycles. The van der Waals surface area contributed by atoms with Gasteiger partial charge in [-0.25, -0.2) is 0 Å². The van der Waals surface area contributed by atoms with E-state index in [1.165, 1.54) is 22.1 Å². The zero-order chi connectivity index (χ0) is 20.5. The van der Waals surface area contributed by atoms with E-state index in [0.29, 0.717) is 11.7 Å². The molecule has 0 fully saturated rings. The van der Waals surface area contributed by atoms with Gasteiger partial charge in [-0.05, 0) is 70.6 Å². The van der Waals surface area contributed by atoms with Crippen molar-refractivity contribution in [3.05, 3.63) is 70.8 Å². The van der Waals surface area contributed by atoms with Gasteiger partial charge in [0.15, 0.2) is 0 Å². The van der Waals surface area contributed by atoms with Crippen LogP contribution in [0.25, 0.3) is 10.8 Å². The van der Waals surface area contributed by atoms with E-state index < -0.39 is 0 Å². The van der Waals surface area contributed by atoms with Crippen molar-refractivity contribution < 1.29 is 9.84 Å². The Bertz CT molecular complexity index is 1030. The summed E-state index contributed by atoms with van der Waals surface area (Å²) in [5, 5.41) is 11.6. The van der Waals surface area contributed by atoms with Crippen LogP contribution in [0.15, 0.2) is 48.5 Å². The Morgan fingerprint density at radius 1 is 1.14 bits per heavy atom. The number of nitrogen functional groups attached to an aromatic ring is 1. The fourth-order valence-corrected chi connectivity index (χ4v) is 4.29. The van der Waals surface area contributed by atoms with Crippen molar-refractivity contribution in [2.75, 3.05) is 26.0 Å². The van der Waals surface area contributed by atoms with Crippen molar-refractivity contribution in [3.8, 4) is 5.75 Å². The first-order valence-corrected chi connectivity index (χ1v) is 10.1. The number of nitrogens with zero attached hydrogens (tertiary/aromatic N) is 1. The van der Waals surface area contributed by atoms with Gasteiger partial charge in [-0.3, -0.25) is 4.90 Å². The predicted molar refractivity (Wildman–Crippen MR) is 118 cm³/mol. The number of aliphatic hydroxyl groups excluding tert-OH is 1. The smallest absolute Gasteiger partial charge is 0.142 e. The van der Waals surface area contributed by atoms with E-state index in [1.54, 1.807) is 7.11 Å². The Morgan fingerprint density at radius 2 is 1.90 bits per heavy atom. The topological polar surface area (TPSA) is 84.7 Å². The molecule has 0 radical (unpaired) electrons. The first-order valence-electron chi connectivity index (χ1n) is 10.1. The Hall–Kier alpha value is -2.60. The van der Waals surface area contributed by atoms with E-state index in [1.807, 2.05) is 6.07 Å². The predicted octanol–water partition coefficient (Wildman–Crippen LogP) is 3.54. The maximum atomic E-state index is 9.28. The quantitative estimate of drug-likeness (QED) is 0.579. The number of fused-ring (bicyclic) bond motifs is 2. The lowest BCUT2D eigenvalue weighted by atomic mass is 9.92. The maximum absolute atomic E-state index is 9.28. The average Bonchev–Trinajstić information content (AvgIpc) is 2.74. The van der Waals surface area contributed by atoms with Crippen LogP contribution < -0.4 is 16.2 Å². The normalized spacial score (nSPS) is 17.9. The summed E-state index contributed by atoms with van der Waals surface area (Å²) < 4.78 is 5.38. The first kappa shape index (κ1) is 19.7. The minimum atomic E-state index is -0.334. The van der Waals surface area contributed by atoms with Gasteiger partial charge in [0, 0.05) is 19.1 Å². The number of methoxy groups -OCH3 is 1. The van der Waals surface area contributed by atoms with E-state index in [-0.39, 0.29) is 12.6 Å². The van der Waals surface area contributed by atoms with Crippen LogP contribution >= 0.6 is 0 Å². The summed E-state index contributed by atoms with van der Waals surface area (Å²) in [6, 6.07) is 16.8. The zero-order valence-electron chi connectivity index (χ0n) is 17.1. The monoisotopic (exact) mass is 391 g/mol. The van der Waals surface area contributed by atoms with Gasteiger partial charge in [-0.1, -0.05) is 24.3 Å². The summed E-state index contributed by atoms with van der Waals surface area (Å²) in [5.74, 6) is 0.763. The fourth-order valence-electron chi connectivity index (χ4n) is 4.29. The molecular weight excluding hydrogens is 362 g/mol. The lowest BCUT2D eigenvalue weighted by molar-refractivity contribution is 0.189. The van der Waals surface area contributed by atoms with Crippen LogP contribution in [0.1, 0.15) is 41.3 Å². The number of rotatable bonds is 5. The van der Waals surface area contributed by atoms with E-state index in [2.05, 4.69) is 54.3 Å². The van der Waals surface area contributed by atoms with Crippen LogP contribution in [0.5, 0.6) is 5.75 Å². The van der Waals surface area contributed by atoms with Crippen LogP contribution in [0.2, 0.25) is 0 Å². The number of benzene rings is 3. The van der Waals surface area contributed by atoms with Crippen LogP contribution in [0.3, 0.4) is 0 Å². The summed E-state index contributed by atoms with van der Waals surface area (Å²) in [5.41, 5.74) is 17.7. The molecule has 1 aliphatic heterocycles. The second-order valence-corrected chi connectivity index (χ2v) is 7.92. The van der Waals surface area contributed by atoms with Crippen LogP contribution in [-0.4, -0.2) is 30.3 Å². The summed E-state index contributed by atoms with van der Waals surface area (Å²) in [4.78, 5) is 2.49. The Morgan fingerprint density at radius 3 is 2.66 bits per heavy atom. The highest BCUT2D eigenvalue weighted by atomic mass is 16.5. The van der Waals surface area contributed by atoms with Gasteiger partial charge < -0.3 is 21.3 Å². The van der Waals surface area contributed by atoms with E-state index in [4.69, 9.17) is 16.2 Å². The average molecular weight is 392 g/mol. The van der Waals surface area contributed by atoms with Gasteiger partial charge >= 0.3 is 0 Å². The molecule has 0 bridgehead atoms. The number of hydrogen-bond donors (Lipinski definition) is 3. The molecular formula is C24H29N3O2. The molecule has 1 aliphatic rings. The molecule has 0 saturated heterocycles. The Kier molecular flexibility index (Phi) is 5.46. The summed E-state index contributed by atoms with van der Waals surface area (Å²) in [6.45, 7) is 4.09. The number of ether oxygens (including phenoxy) is 1. The van der Waals surface area contributed by atoms with Gasteiger partial charge in [0.2, 0.25) is 0 Å². The molecule has 152 valence electrons. The molecule has 1 heterocycles. The fraction of sp³-hybridized carbons (Fsp3) is 0.333. The maximum Gasteiger partial charge on any atom is 0.142 e. The molecule has 0 spiro atoms. The first-order chi connectivity index (χ1) is 14.0.